The summed E-state index contributed by atoms with van der Waals surface area (Å²) >= 11 is 5.80. The third-order valence-electron chi connectivity index (χ3n) is 1.95. The summed E-state index contributed by atoms with van der Waals surface area (Å²) in [6.07, 6.45) is 0.969. The Kier molecular flexibility index (Phi) is 5.36. The van der Waals surface area contributed by atoms with Crippen molar-refractivity contribution in [1.29, 1.82) is 0 Å². The average Bonchev–Trinajstić information content (AvgIpc) is 2.25. The fourth-order valence-corrected chi connectivity index (χ4v) is 2.01. The number of benzene rings is 1. The van der Waals surface area contributed by atoms with Crippen LogP contribution in [0.15, 0.2) is 18.2 Å². The van der Waals surface area contributed by atoms with Gasteiger partial charge in [0.15, 0.2) is 9.84 Å². The Bertz CT molecular complexity index is 643. The van der Waals surface area contributed by atoms with Crippen LogP contribution in [0.1, 0.15) is 5.56 Å². The zero-order valence-electron chi connectivity index (χ0n) is 10.1. The summed E-state index contributed by atoms with van der Waals surface area (Å²) in [5.41, 5.74) is 0.752. The molecule has 0 saturated heterocycles. The van der Waals surface area contributed by atoms with Crippen molar-refractivity contribution in [1.82, 2.24) is 0 Å². The van der Waals surface area contributed by atoms with Gasteiger partial charge in [0.25, 0.3) is 0 Å². The topological polar surface area (TPSA) is 83.5 Å². The second-order valence-electron chi connectivity index (χ2n) is 3.77. The van der Waals surface area contributed by atoms with Crippen molar-refractivity contribution >= 4 is 33.0 Å². The Balaban J connectivity index is 2.99. The summed E-state index contributed by atoms with van der Waals surface area (Å²) in [7, 11) is -3.40. The van der Waals surface area contributed by atoms with E-state index in [1.54, 1.807) is 12.1 Å². The van der Waals surface area contributed by atoms with Crippen molar-refractivity contribution in [2.75, 3.05) is 23.9 Å². The minimum absolute atomic E-state index is 0.308. The maximum atomic E-state index is 11.5. The van der Waals surface area contributed by atoms with Crippen LogP contribution < -0.4 is 5.32 Å². The minimum Gasteiger partial charge on any atom is -0.384 e. The van der Waals surface area contributed by atoms with Gasteiger partial charge in [-0.15, -0.1) is 0 Å². The Labute approximate surface area is 116 Å². The number of hydrogen-bond donors (Lipinski definition) is 2. The number of aliphatic hydroxyl groups excluding tert-OH is 1. The highest BCUT2D eigenvalue weighted by Crippen LogP contribution is 2.20. The van der Waals surface area contributed by atoms with E-state index in [2.05, 4.69) is 17.2 Å². The van der Waals surface area contributed by atoms with E-state index in [1.807, 2.05) is 0 Å². The van der Waals surface area contributed by atoms with Crippen LogP contribution in [-0.4, -0.2) is 38.0 Å². The highest BCUT2D eigenvalue weighted by molar-refractivity contribution is 7.91. The fourth-order valence-electron chi connectivity index (χ4n) is 1.29. The molecule has 0 spiro atoms. The predicted octanol–water partition coefficient (Wildman–Crippen LogP) is 0.667. The lowest BCUT2D eigenvalue weighted by molar-refractivity contribution is -0.113. The Hall–Kier alpha value is -1.55. The van der Waals surface area contributed by atoms with Gasteiger partial charge < -0.3 is 10.4 Å². The van der Waals surface area contributed by atoms with E-state index < -0.39 is 21.5 Å². The largest absolute Gasteiger partial charge is 0.384 e. The maximum absolute atomic E-state index is 11.5. The van der Waals surface area contributed by atoms with E-state index in [-0.39, 0.29) is 6.61 Å². The van der Waals surface area contributed by atoms with Crippen LogP contribution >= 0.6 is 11.6 Å². The van der Waals surface area contributed by atoms with Gasteiger partial charge in [0.05, 0.1) is 5.69 Å². The Morgan fingerprint density at radius 2 is 2.16 bits per heavy atom. The van der Waals surface area contributed by atoms with E-state index >= 15 is 0 Å². The Morgan fingerprint density at radius 1 is 1.47 bits per heavy atom. The van der Waals surface area contributed by atoms with Gasteiger partial charge >= 0.3 is 0 Å². The van der Waals surface area contributed by atoms with Crippen LogP contribution in [0.25, 0.3) is 0 Å². The molecule has 0 aliphatic heterocycles. The van der Waals surface area contributed by atoms with Gasteiger partial charge in [0, 0.05) is 16.8 Å². The lowest BCUT2D eigenvalue weighted by atomic mass is 10.2. The van der Waals surface area contributed by atoms with E-state index in [1.165, 1.54) is 6.07 Å². The molecule has 0 atom stereocenters. The predicted molar refractivity (Wildman–Crippen MR) is 73.8 cm³/mol. The molecule has 1 aromatic carbocycles. The van der Waals surface area contributed by atoms with Crippen LogP contribution in [0.5, 0.6) is 0 Å². The van der Waals surface area contributed by atoms with Gasteiger partial charge in [0.2, 0.25) is 5.91 Å². The fraction of sp³-hybridized carbons (Fsp3) is 0.250. The number of anilines is 1. The zero-order valence-corrected chi connectivity index (χ0v) is 11.7. The molecule has 2 N–H and O–H groups in total. The van der Waals surface area contributed by atoms with Gasteiger partial charge in [-0.1, -0.05) is 23.4 Å². The molecule has 19 heavy (non-hydrogen) atoms. The molecule has 0 aliphatic carbocycles. The molecule has 1 rings (SSSR count). The normalized spacial score (nSPS) is 10.5. The van der Waals surface area contributed by atoms with E-state index in [9.17, 15) is 13.2 Å². The number of hydrogen-bond acceptors (Lipinski definition) is 4. The molecule has 0 radical (unpaired) electrons. The molecule has 0 heterocycles. The molecule has 1 aromatic rings. The molecular formula is C12H12ClNO4S. The molecule has 0 unspecified atom stereocenters. The monoisotopic (exact) mass is 301 g/mol. The molecule has 0 bridgehead atoms. The number of carbonyl (C=O) groups is 1. The standard InChI is InChI=1S/C12H12ClNO4S/c1-19(17,18)8-12(16)14-11-7-10(13)5-4-9(11)3-2-6-15/h4-5,7,15H,6,8H2,1H3,(H,14,16). The van der Waals surface area contributed by atoms with Crippen molar-refractivity contribution in [3.05, 3.63) is 28.8 Å². The molecule has 1 amide bonds. The van der Waals surface area contributed by atoms with Gasteiger partial charge in [-0.05, 0) is 18.2 Å². The van der Waals surface area contributed by atoms with Gasteiger partial charge in [0.1, 0.15) is 12.4 Å². The second kappa shape index (κ2) is 6.57. The number of sulfone groups is 1. The van der Waals surface area contributed by atoms with Crippen LogP contribution in [-0.2, 0) is 14.6 Å². The van der Waals surface area contributed by atoms with E-state index in [0.29, 0.717) is 16.3 Å². The maximum Gasteiger partial charge on any atom is 0.239 e. The molecule has 0 aromatic heterocycles. The first kappa shape index (κ1) is 15.5. The molecule has 0 aliphatic rings. The Morgan fingerprint density at radius 3 is 2.74 bits per heavy atom. The quantitative estimate of drug-likeness (QED) is 0.804. The summed E-state index contributed by atoms with van der Waals surface area (Å²) in [6, 6.07) is 4.61. The lowest BCUT2D eigenvalue weighted by Crippen LogP contribution is -2.22. The SMILES string of the molecule is CS(=O)(=O)CC(=O)Nc1cc(Cl)ccc1C#CCO. The lowest BCUT2D eigenvalue weighted by Gasteiger charge is -2.07. The third-order valence-corrected chi connectivity index (χ3v) is 2.97. The van der Waals surface area contributed by atoms with Crippen molar-refractivity contribution in [2.24, 2.45) is 0 Å². The first-order chi connectivity index (χ1) is 8.81. The van der Waals surface area contributed by atoms with Gasteiger partial charge in [-0.3, -0.25) is 4.79 Å². The smallest absolute Gasteiger partial charge is 0.239 e. The number of amides is 1. The molecule has 102 valence electrons. The van der Waals surface area contributed by atoms with Crippen LogP contribution in [0.4, 0.5) is 5.69 Å². The summed E-state index contributed by atoms with van der Waals surface area (Å²) in [6.45, 7) is -0.320. The molecule has 7 heteroatoms. The summed E-state index contributed by atoms with van der Waals surface area (Å²) in [5.74, 6) is 3.79. The van der Waals surface area contributed by atoms with Crippen LogP contribution in [0, 0.1) is 11.8 Å². The van der Waals surface area contributed by atoms with Gasteiger partial charge in [-0.2, -0.15) is 0 Å². The minimum atomic E-state index is -3.40. The molecule has 5 nitrogen and oxygen atoms in total. The first-order valence-electron chi connectivity index (χ1n) is 5.18. The average molecular weight is 302 g/mol. The number of aliphatic hydroxyl groups is 1. The van der Waals surface area contributed by atoms with Crippen molar-refractivity contribution in [2.45, 2.75) is 0 Å². The number of halogens is 1. The van der Waals surface area contributed by atoms with Crippen molar-refractivity contribution in [3.8, 4) is 11.8 Å². The number of nitrogens with one attached hydrogen (secondary N) is 1. The summed E-state index contributed by atoms with van der Waals surface area (Å²) in [5, 5.41) is 11.5. The second-order valence-corrected chi connectivity index (χ2v) is 6.34. The van der Waals surface area contributed by atoms with Crippen LogP contribution in [0.2, 0.25) is 5.02 Å². The van der Waals surface area contributed by atoms with E-state index in [4.69, 9.17) is 16.7 Å². The summed E-state index contributed by atoms with van der Waals surface area (Å²) < 4.78 is 22.0. The zero-order chi connectivity index (χ0) is 14.5. The summed E-state index contributed by atoms with van der Waals surface area (Å²) in [4.78, 5) is 11.5. The number of carbonyl (C=O) groups excluding carboxylic acids is 1. The molecule has 0 saturated carbocycles. The number of rotatable bonds is 3. The van der Waals surface area contributed by atoms with Gasteiger partial charge in [-0.25, -0.2) is 8.42 Å². The van der Waals surface area contributed by atoms with E-state index in [0.717, 1.165) is 6.26 Å². The van der Waals surface area contributed by atoms with Crippen molar-refractivity contribution < 1.29 is 18.3 Å². The first-order valence-corrected chi connectivity index (χ1v) is 7.62. The van der Waals surface area contributed by atoms with Crippen LogP contribution in [0.3, 0.4) is 0 Å². The molecule has 0 fully saturated rings. The molecular weight excluding hydrogens is 290 g/mol. The third kappa shape index (κ3) is 5.75. The highest BCUT2D eigenvalue weighted by atomic mass is 35.5. The highest BCUT2D eigenvalue weighted by Gasteiger charge is 2.12. The van der Waals surface area contributed by atoms with Crippen molar-refractivity contribution in [3.63, 3.8) is 0 Å².